The topological polar surface area (TPSA) is 40.5 Å². The summed E-state index contributed by atoms with van der Waals surface area (Å²) in [6, 6.07) is 15.9. The van der Waals surface area contributed by atoms with Crippen LogP contribution in [0.2, 0.25) is 0 Å². The van der Waals surface area contributed by atoms with Crippen molar-refractivity contribution in [3.8, 4) is 0 Å². The summed E-state index contributed by atoms with van der Waals surface area (Å²) < 4.78 is 0. The monoisotopic (exact) mass is 375 g/mol. The number of rotatable bonds is 7. The normalized spacial score (nSPS) is 18.4. The highest BCUT2D eigenvalue weighted by atomic mass is 16.4. The summed E-state index contributed by atoms with van der Waals surface area (Å²) in [6.45, 7) is 8.58. The lowest BCUT2D eigenvalue weighted by molar-refractivity contribution is 0.199. The second-order valence-electron chi connectivity index (χ2n) is 8.41. The fourth-order valence-corrected chi connectivity index (χ4v) is 4.29. The van der Waals surface area contributed by atoms with Gasteiger partial charge in [-0.05, 0) is 67.1 Å². The zero-order chi connectivity index (χ0) is 19.8. The smallest absolute Gasteiger partial charge is 0.412 e. The maximum Gasteiger partial charge on any atom is 0.412 e. The molecule has 2 fully saturated rings. The summed E-state index contributed by atoms with van der Waals surface area (Å²) >= 11 is 0. The Morgan fingerprint density at radius 3 is 2.29 bits per heavy atom. The summed E-state index contributed by atoms with van der Waals surface area (Å²) in [5, 5.41) is 10.3. The van der Waals surface area contributed by atoms with Crippen LogP contribution in [-0.2, 0) is 0 Å². The van der Waals surface area contributed by atoms with Crippen molar-refractivity contribution in [2.75, 3.05) is 4.90 Å². The average Bonchev–Trinajstić information content (AvgIpc) is 3.59. The molecule has 0 bridgehead atoms. The highest BCUT2D eigenvalue weighted by Crippen LogP contribution is 2.50. The minimum atomic E-state index is -0.906. The molecule has 0 aliphatic heterocycles. The van der Waals surface area contributed by atoms with Gasteiger partial charge in [0.05, 0.1) is 11.7 Å². The molecule has 3 heteroatoms. The zero-order valence-corrected chi connectivity index (χ0v) is 16.8. The molecule has 2 saturated carbocycles. The summed E-state index contributed by atoms with van der Waals surface area (Å²) in [4.78, 5) is 14.1. The molecule has 2 aromatic carbocycles. The number of carbonyl (C=O) groups is 1. The molecule has 2 aromatic rings. The van der Waals surface area contributed by atoms with E-state index in [4.69, 9.17) is 0 Å². The minimum absolute atomic E-state index is 0.267. The lowest BCUT2D eigenvalue weighted by atomic mass is 9.88. The number of hydrogen-bond donors (Lipinski definition) is 1. The number of hydrogen-bond acceptors (Lipinski definition) is 1. The van der Waals surface area contributed by atoms with E-state index in [0.717, 1.165) is 40.8 Å². The van der Waals surface area contributed by atoms with Crippen molar-refractivity contribution in [2.45, 2.75) is 51.5 Å². The van der Waals surface area contributed by atoms with E-state index in [1.54, 1.807) is 4.90 Å². The highest BCUT2D eigenvalue weighted by molar-refractivity contribution is 5.94. The number of nitrogens with zero attached hydrogens (tertiary/aromatic N) is 1. The van der Waals surface area contributed by atoms with Gasteiger partial charge in [0.2, 0.25) is 0 Å². The first-order chi connectivity index (χ1) is 13.5. The van der Waals surface area contributed by atoms with Crippen molar-refractivity contribution >= 4 is 17.4 Å². The van der Waals surface area contributed by atoms with Crippen LogP contribution in [0.15, 0.2) is 55.1 Å². The molecule has 28 heavy (non-hydrogen) atoms. The first kappa shape index (κ1) is 18.8. The van der Waals surface area contributed by atoms with Gasteiger partial charge < -0.3 is 5.11 Å². The van der Waals surface area contributed by atoms with E-state index in [1.165, 1.54) is 12.8 Å². The molecule has 0 saturated heterocycles. The third-order valence-corrected chi connectivity index (χ3v) is 6.42. The van der Waals surface area contributed by atoms with E-state index in [-0.39, 0.29) is 6.04 Å². The van der Waals surface area contributed by atoms with E-state index in [0.29, 0.717) is 17.8 Å². The molecule has 1 N–H and O–H groups in total. The maximum atomic E-state index is 12.5. The largest absolute Gasteiger partial charge is 0.465 e. The molecular formula is C25H29NO2. The summed E-state index contributed by atoms with van der Waals surface area (Å²) in [5.41, 5.74) is 5.10. The summed E-state index contributed by atoms with van der Waals surface area (Å²) in [6.07, 6.45) is 3.87. The molecule has 0 aromatic heterocycles. The molecule has 0 heterocycles. The van der Waals surface area contributed by atoms with Gasteiger partial charge in [0.25, 0.3) is 0 Å². The first-order valence-electron chi connectivity index (χ1n) is 10.4. The molecule has 4 rings (SSSR count). The molecule has 2 unspecified atom stereocenters. The van der Waals surface area contributed by atoms with Crippen LogP contribution in [0.25, 0.3) is 5.57 Å². The van der Waals surface area contributed by atoms with Crippen LogP contribution in [0.1, 0.15) is 68.2 Å². The van der Waals surface area contributed by atoms with Crippen LogP contribution in [0, 0.1) is 11.8 Å². The van der Waals surface area contributed by atoms with Crippen LogP contribution < -0.4 is 4.90 Å². The van der Waals surface area contributed by atoms with Gasteiger partial charge in [-0.2, -0.15) is 0 Å². The van der Waals surface area contributed by atoms with Crippen LogP contribution in [0.3, 0.4) is 0 Å². The van der Waals surface area contributed by atoms with Crippen molar-refractivity contribution in [1.82, 2.24) is 0 Å². The second-order valence-corrected chi connectivity index (χ2v) is 8.41. The SMILES string of the molecule is C=C(c1cccc(C(C)C2CC2)c1N(C(=O)O)C(C)c1ccccc1)C1CC1. The Labute approximate surface area is 167 Å². The lowest BCUT2D eigenvalue weighted by Gasteiger charge is -2.33. The molecule has 0 spiro atoms. The Hall–Kier alpha value is -2.55. The van der Waals surface area contributed by atoms with Crippen LogP contribution in [0.4, 0.5) is 10.5 Å². The summed E-state index contributed by atoms with van der Waals surface area (Å²) in [7, 11) is 0. The van der Waals surface area contributed by atoms with Gasteiger partial charge in [-0.1, -0.05) is 62.0 Å². The molecular weight excluding hydrogens is 346 g/mol. The van der Waals surface area contributed by atoms with Crippen molar-refractivity contribution < 1.29 is 9.90 Å². The molecule has 2 atom stereocenters. The molecule has 0 radical (unpaired) electrons. The summed E-state index contributed by atoms with van der Waals surface area (Å²) in [5.74, 6) is 1.51. The number of amides is 1. The fourth-order valence-electron chi connectivity index (χ4n) is 4.29. The van der Waals surface area contributed by atoms with Crippen LogP contribution in [-0.4, -0.2) is 11.2 Å². The van der Waals surface area contributed by atoms with Gasteiger partial charge in [-0.15, -0.1) is 0 Å². The van der Waals surface area contributed by atoms with Crippen LogP contribution in [0.5, 0.6) is 0 Å². The number of allylic oxidation sites excluding steroid dienone is 1. The molecule has 146 valence electrons. The number of anilines is 1. The average molecular weight is 376 g/mol. The number of benzene rings is 2. The molecule has 3 nitrogen and oxygen atoms in total. The first-order valence-corrected chi connectivity index (χ1v) is 10.4. The quantitative estimate of drug-likeness (QED) is 0.573. The Morgan fingerprint density at radius 1 is 1.04 bits per heavy atom. The van der Waals surface area contributed by atoms with E-state index in [2.05, 4.69) is 31.7 Å². The standard InChI is InChI=1S/C25H29NO2/c1-16(19-12-13-19)22-10-7-11-23(17(2)20-14-15-20)24(22)26(25(27)28)18(3)21-8-5-4-6-9-21/h4-11,17-20H,1,12-15H2,2-3H3,(H,27,28). The third kappa shape index (κ3) is 3.58. The van der Waals surface area contributed by atoms with Gasteiger partial charge in [-0.3, -0.25) is 4.90 Å². The lowest BCUT2D eigenvalue weighted by Crippen LogP contribution is -2.34. The number of carboxylic acid groups (broad SMARTS) is 1. The third-order valence-electron chi connectivity index (χ3n) is 6.42. The fraction of sp³-hybridized carbons (Fsp3) is 0.400. The Kier molecular flexibility index (Phi) is 5.01. The Morgan fingerprint density at radius 2 is 1.71 bits per heavy atom. The van der Waals surface area contributed by atoms with Crippen LogP contribution >= 0.6 is 0 Å². The molecule has 2 aliphatic carbocycles. The predicted molar refractivity (Wildman–Crippen MR) is 115 cm³/mol. The van der Waals surface area contributed by atoms with E-state index in [1.807, 2.05) is 37.3 Å². The van der Waals surface area contributed by atoms with Crippen molar-refractivity contribution in [1.29, 1.82) is 0 Å². The van der Waals surface area contributed by atoms with Gasteiger partial charge in [-0.25, -0.2) is 4.79 Å². The van der Waals surface area contributed by atoms with E-state index in [9.17, 15) is 9.90 Å². The predicted octanol–water partition coefficient (Wildman–Crippen LogP) is 6.87. The number of para-hydroxylation sites is 1. The highest BCUT2D eigenvalue weighted by Gasteiger charge is 2.36. The Balaban J connectivity index is 1.85. The van der Waals surface area contributed by atoms with Gasteiger partial charge >= 0.3 is 6.09 Å². The zero-order valence-electron chi connectivity index (χ0n) is 16.8. The van der Waals surface area contributed by atoms with Crippen molar-refractivity contribution in [3.05, 3.63) is 71.8 Å². The molecule has 2 aliphatic rings. The van der Waals surface area contributed by atoms with E-state index >= 15 is 0 Å². The molecule has 1 amide bonds. The van der Waals surface area contributed by atoms with Gasteiger partial charge in [0.1, 0.15) is 0 Å². The minimum Gasteiger partial charge on any atom is -0.465 e. The van der Waals surface area contributed by atoms with Gasteiger partial charge in [0.15, 0.2) is 0 Å². The van der Waals surface area contributed by atoms with Gasteiger partial charge in [0, 0.05) is 5.56 Å². The van der Waals surface area contributed by atoms with Crippen molar-refractivity contribution in [3.63, 3.8) is 0 Å². The van der Waals surface area contributed by atoms with E-state index < -0.39 is 6.09 Å². The maximum absolute atomic E-state index is 12.5. The Bertz CT molecular complexity index is 881. The second kappa shape index (κ2) is 7.46. The van der Waals surface area contributed by atoms with Crippen molar-refractivity contribution in [2.24, 2.45) is 11.8 Å².